The molecule has 4 rings (SSSR count). The Morgan fingerprint density at radius 3 is 2.34 bits per heavy atom. The standard InChI is InChI=1S/C23H23ClN4O/c1-27(2)22-18-15-28(23(29)20(24)16-9-5-3-6-10-16)14-13-19(18)25-21(26-22)17-11-7-4-8-12-17/h3-12,20H,13-15H2,1-2H3. The van der Waals surface area contributed by atoms with Crippen molar-refractivity contribution in [3.63, 3.8) is 0 Å². The summed E-state index contributed by atoms with van der Waals surface area (Å²) in [6, 6.07) is 19.4. The SMILES string of the molecule is CN(C)c1nc(-c2ccccc2)nc2c1CN(C(=O)C(Cl)c1ccccc1)CC2. The minimum absolute atomic E-state index is 0.0830. The maximum Gasteiger partial charge on any atom is 0.245 e. The van der Waals surface area contributed by atoms with E-state index in [2.05, 4.69) is 0 Å². The summed E-state index contributed by atoms with van der Waals surface area (Å²) in [4.78, 5) is 26.4. The zero-order valence-corrected chi connectivity index (χ0v) is 17.3. The summed E-state index contributed by atoms with van der Waals surface area (Å²) in [6.07, 6.45) is 0.683. The number of rotatable bonds is 4. The lowest BCUT2D eigenvalue weighted by molar-refractivity contribution is -0.131. The number of hydrogen-bond acceptors (Lipinski definition) is 4. The first kappa shape index (κ1) is 19.4. The molecule has 2 aromatic carbocycles. The predicted octanol–water partition coefficient (Wildman–Crippen LogP) is 4.07. The molecule has 0 fully saturated rings. The van der Waals surface area contributed by atoms with Crippen LogP contribution in [0.3, 0.4) is 0 Å². The van der Waals surface area contributed by atoms with Crippen molar-refractivity contribution < 1.29 is 4.79 Å². The highest BCUT2D eigenvalue weighted by molar-refractivity contribution is 6.30. The van der Waals surface area contributed by atoms with Gasteiger partial charge in [-0.15, -0.1) is 11.6 Å². The molecule has 0 saturated heterocycles. The van der Waals surface area contributed by atoms with Gasteiger partial charge < -0.3 is 9.80 Å². The number of carbonyl (C=O) groups excluding carboxylic acids is 1. The van der Waals surface area contributed by atoms with Gasteiger partial charge in [-0.3, -0.25) is 4.79 Å². The molecule has 0 spiro atoms. The third-order valence-corrected chi connectivity index (χ3v) is 5.55. The van der Waals surface area contributed by atoms with Crippen LogP contribution in [0.15, 0.2) is 60.7 Å². The molecule has 148 valence electrons. The first-order valence-corrected chi connectivity index (χ1v) is 10.1. The van der Waals surface area contributed by atoms with Gasteiger partial charge in [-0.2, -0.15) is 0 Å². The van der Waals surface area contributed by atoms with Crippen LogP contribution in [0.1, 0.15) is 22.2 Å². The minimum atomic E-state index is -0.690. The van der Waals surface area contributed by atoms with E-state index in [-0.39, 0.29) is 5.91 Å². The van der Waals surface area contributed by atoms with Crippen molar-refractivity contribution in [2.24, 2.45) is 0 Å². The van der Waals surface area contributed by atoms with Crippen molar-refractivity contribution in [1.82, 2.24) is 14.9 Å². The summed E-state index contributed by atoms with van der Waals surface area (Å²) < 4.78 is 0. The molecule has 29 heavy (non-hydrogen) atoms. The van der Waals surface area contributed by atoms with Crippen LogP contribution in [0.4, 0.5) is 5.82 Å². The number of amides is 1. The van der Waals surface area contributed by atoms with E-state index in [0.29, 0.717) is 25.3 Å². The van der Waals surface area contributed by atoms with Gasteiger partial charge in [0.15, 0.2) is 5.82 Å². The summed E-state index contributed by atoms with van der Waals surface area (Å²) >= 11 is 6.49. The number of alkyl halides is 1. The molecule has 1 atom stereocenters. The fourth-order valence-corrected chi connectivity index (χ4v) is 3.88. The number of nitrogens with zero attached hydrogens (tertiary/aromatic N) is 4. The Bertz CT molecular complexity index is 1010. The van der Waals surface area contributed by atoms with Gasteiger partial charge in [0, 0.05) is 38.2 Å². The Hall–Kier alpha value is -2.92. The van der Waals surface area contributed by atoms with Crippen molar-refractivity contribution in [2.75, 3.05) is 25.5 Å². The Balaban J connectivity index is 1.64. The molecule has 1 aliphatic rings. The van der Waals surface area contributed by atoms with E-state index in [1.54, 1.807) is 0 Å². The maximum atomic E-state index is 13.0. The zero-order valence-electron chi connectivity index (χ0n) is 16.5. The number of carbonyl (C=O) groups is 1. The second-order valence-corrected chi connectivity index (χ2v) is 7.78. The van der Waals surface area contributed by atoms with Crippen molar-refractivity contribution in [3.05, 3.63) is 77.5 Å². The molecule has 0 N–H and O–H groups in total. The van der Waals surface area contributed by atoms with Gasteiger partial charge in [-0.1, -0.05) is 60.7 Å². The average molecular weight is 407 g/mol. The topological polar surface area (TPSA) is 49.3 Å². The number of fused-ring (bicyclic) bond motifs is 1. The molecule has 0 aliphatic carbocycles. The van der Waals surface area contributed by atoms with E-state index in [9.17, 15) is 4.79 Å². The fourth-order valence-electron chi connectivity index (χ4n) is 3.60. The monoisotopic (exact) mass is 406 g/mol. The van der Waals surface area contributed by atoms with Crippen LogP contribution in [0, 0.1) is 0 Å². The molecular formula is C23H23ClN4O. The molecule has 1 unspecified atom stereocenters. The highest BCUT2D eigenvalue weighted by Gasteiger charge is 2.30. The van der Waals surface area contributed by atoms with E-state index in [0.717, 1.165) is 28.2 Å². The van der Waals surface area contributed by atoms with Crippen LogP contribution >= 0.6 is 11.6 Å². The second kappa shape index (κ2) is 8.21. The molecule has 5 nitrogen and oxygen atoms in total. The molecule has 2 heterocycles. The lowest BCUT2D eigenvalue weighted by atomic mass is 10.0. The van der Waals surface area contributed by atoms with Crippen molar-refractivity contribution in [2.45, 2.75) is 18.3 Å². The van der Waals surface area contributed by atoms with Crippen molar-refractivity contribution in [1.29, 1.82) is 0 Å². The van der Waals surface area contributed by atoms with E-state index in [4.69, 9.17) is 21.6 Å². The molecule has 1 amide bonds. The van der Waals surface area contributed by atoms with Crippen LogP contribution in [-0.4, -0.2) is 41.4 Å². The van der Waals surface area contributed by atoms with Crippen LogP contribution in [-0.2, 0) is 17.8 Å². The second-order valence-electron chi connectivity index (χ2n) is 7.34. The first-order chi connectivity index (χ1) is 14.0. The molecule has 1 aliphatic heterocycles. The normalized spacial score (nSPS) is 14.2. The Kier molecular flexibility index (Phi) is 5.49. The van der Waals surface area contributed by atoms with Gasteiger partial charge in [-0.25, -0.2) is 9.97 Å². The van der Waals surface area contributed by atoms with Gasteiger partial charge in [-0.05, 0) is 5.56 Å². The van der Waals surface area contributed by atoms with Gasteiger partial charge in [0.05, 0.1) is 12.2 Å². The van der Waals surface area contributed by atoms with Crippen LogP contribution in [0.5, 0.6) is 0 Å². The number of benzene rings is 2. The molecular weight excluding hydrogens is 384 g/mol. The lowest BCUT2D eigenvalue weighted by Crippen LogP contribution is -2.39. The smallest absolute Gasteiger partial charge is 0.245 e. The van der Waals surface area contributed by atoms with Gasteiger partial charge in [0.1, 0.15) is 11.2 Å². The number of anilines is 1. The number of hydrogen-bond donors (Lipinski definition) is 0. The molecule has 6 heteroatoms. The van der Waals surface area contributed by atoms with Crippen LogP contribution < -0.4 is 4.90 Å². The largest absolute Gasteiger partial charge is 0.362 e. The summed E-state index contributed by atoms with van der Waals surface area (Å²) in [5, 5.41) is -0.690. The minimum Gasteiger partial charge on any atom is -0.362 e. The zero-order chi connectivity index (χ0) is 20.4. The Morgan fingerprint density at radius 1 is 1.03 bits per heavy atom. The molecule has 3 aromatic rings. The third kappa shape index (κ3) is 3.96. The molecule has 0 saturated carbocycles. The van der Waals surface area contributed by atoms with Gasteiger partial charge in [0.25, 0.3) is 0 Å². The lowest BCUT2D eigenvalue weighted by Gasteiger charge is -2.32. The molecule has 1 aromatic heterocycles. The quantitative estimate of drug-likeness (QED) is 0.613. The average Bonchev–Trinajstić information content (AvgIpc) is 2.78. The summed E-state index contributed by atoms with van der Waals surface area (Å²) in [7, 11) is 3.93. The van der Waals surface area contributed by atoms with E-state index in [1.807, 2.05) is 84.6 Å². The highest BCUT2D eigenvalue weighted by atomic mass is 35.5. The van der Waals surface area contributed by atoms with Crippen molar-refractivity contribution >= 4 is 23.3 Å². The summed E-state index contributed by atoms with van der Waals surface area (Å²) in [5.41, 5.74) is 3.79. The number of halogens is 1. The highest BCUT2D eigenvalue weighted by Crippen LogP contribution is 2.31. The van der Waals surface area contributed by atoms with Crippen LogP contribution in [0.2, 0.25) is 0 Å². The van der Waals surface area contributed by atoms with Gasteiger partial charge in [0.2, 0.25) is 5.91 Å². The molecule has 0 radical (unpaired) electrons. The van der Waals surface area contributed by atoms with E-state index >= 15 is 0 Å². The third-order valence-electron chi connectivity index (χ3n) is 5.11. The Labute approximate surface area is 176 Å². The first-order valence-electron chi connectivity index (χ1n) is 9.65. The maximum absolute atomic E-state index is 13.0. The van der Waals surface area contributed by atoms with E-state index in [1.165, 1.54) is 0 Å². The summed E-state index contributed by atoms with van der Waals surface area (Å²) in [6.45, 7) is 1.06. The summed E-state index contributed by atoms with van der Waals surface area (Å²) in [5.74, 6) is 1.48. The van der Waals surface area contributed by atoms with E-state index < -0.39 is 5.38 Å². The predicted molar refractivity (Wildman–Crippen MR) is 116 cm³/mol. The van der Waals surface area contributed by atoms with Crippen LogP contribution in [0.25, 0.3) is 11.4 Å². The van der Waals surface area contributed by atoms with Gasteiger partial charge >= 0.3 is 0 Å². The number of aromatic nitrogens is 2. The van der Waals surface area contributed by atoms with Crippen molar-refractivity contribution in [3.8, 4) is 11.4 Å². The Morgan fingerprint density at radius 2 is 1.69 bits per heavy atom. The molecule has 0 bridgehead atoms. The fraction of sp³-hybridized carbons (Fsp3) is 0.261.